The fraction of sp³-hybridized carbons (Fsp3) is 0.708. The Kier molecular flexibility index (Phi) is 23.1. The molecular formula is C24H44NOZn-. The van der Waals surface area contributed by atoms with Crippen LogP contribution in [0.3, 0.4) is 0 Å². The summed E-state index contributed by atoms with van der Waals surface area (Å²) in [5.41, 5.74) is 1.01. The van der Waals surface area contributed by atoms with Gasteiger partial charge in [-0.2, -0.15) is 6.42 Å². The van der Waals surface area contributed by atoms with Gasteiger partial charge in [0.05, 0.1) is 0 Å². The molecule has 0 saturated heterocycles. The number of phenolic OH excluding ortho intramolecular Hbond substituents is 1. The molecule has 154 valence electrons. The predicted molar refractivity (Wildman–Crippen MR) is 118 cm³/mol. The second-order valence-corrected chi connectivity index (χ2v) is 7.51. The van der Waals surface area contributed by atoms with Crippen LogP contribution in [0.2, 0.25) is 0 Å². The summed E-state index contributed by atoms with van der Waals surface area (Å²) >= 11 is 0. The van der Waals surface area contributed by atoms with E-state index in [4.69, 9.17) is 5.11 Å². The van der Waals surface area contributed by atoms with Crippen LogP contribution in [0.15, 0.2) is 24.3 Å². The second-order valence-electron chi connectivity index (χ2n) is 7.51. The average molecular weight is 428 g/mol. The van der Waals surface area contributed by atoms with Crippen LogP contribution in [0, 0.1) is 6.92 Å². The molecule has 0 aliphatic rings. The molecule has 1 rings (SSSR count). The van der Waals surface area contributed by atoms with Crippen LogP contribution in [0.4, 0.5) is 5.69 Å². The molecular weight excluding hydrogens is 384 g/mol. The quantitative estimate of drug-likeness (QED) is 0.186. The van der Waals surface area contributed by atoms with E-state index in [1.807, 2.05) is 31.1 Å². The second kappa shape index (κ2) is 21.7. The summed E-state index contributed by atoms with van der Waals surface area (Å²) in [6.07, 6.45) is 19.8. The average Bonchev–Trinajstić information content (AvgIpc) is 2.63. The van der Waals surface area contributed by atoms with Crippen LogP contribution in [-0.4, -0.2) is 19.2 Å². The molecule has 0 fully saturated rings. The van der Waals surface area contributed by atoms with Crippen molar-refractivity contribution in [2.75, 3.05) is 19.0 Å². The van der Waals surface area contributed by atoms with Crippen molar-refractivity contribution in [1.82, 2.24) is 0 Å². The van der Waals surface area contributed by atoms with E-state index in [9.17, 15) is 0 Å². The number of nitrogens with zero attached hydrogens (tertiary/aromatic N) is 1. The van der Waals surface area contributed by atoms with Crippen LogP contribution < -0.4 is 4.90 Å². The molecule has 3 heteroatoms. The number of hydrogen-bond donors (Lipinski definition) is 1. The van der Waals surface area contributed by atoms with Crippen LogP contribution in [0.1, 0.15) is 96.8 Å². The molecule has 1 aromatic carbocycles. The predicted octanol–water partition coefficient (Wildman–Crippen LogP) is 7.76. The van der Waals surface area contributed by atoms with Gasteiger partial charge in [0.1, 0.15) is 5.75 Å². The van der Waals surface area contributed by atoms with Gasteiger partial charge in [-0.25, -0.2) is 0 Å². The van der Waals surface area contributed by atoms with Gasteiger partial charge in [0.2, 0.25) is 0 Å². The van der Waals surface area contributed by atoms with Crippen molar-refractivity contribution in [3.8, 4) is 5.75 Å². The van der Waals surface area contributed by atoms with Gasteiger partial charge in [0.25, 0.3) is 0 Å². The SMILES string of the molecule is CN(C)c1cccc(O)c1.[CH2-]CCCCCCCCCCCCCCC.[Zn]. The zero-order valence-corrected chi connectivity index (χ0v) is 21.5. The maximum absolute atomic E-state index is 9.04. The molecule has 0 aromatic heterocycles. The Labute approximate surface area is 182 Å². The maximum atomic E-state index is 9.04. The number of aromatic hydroxyl groups is 1. The van der Waals surface area contributed by atoms with E-state index in [-0.39, 0.29) is 19.5 Å². The third kappa shape index (κ3) is 20.0. The van der Waals surface area contributed by atoms with Crippen LogP contribution in [0.25, 0.3) is 0 Å². The van der Waals surface area contributed by atoms with Crippen molar-refractivity contribution in [3.63, 3.8) is 0 Å². The van der Waals surface area contributed by atoms with Gasteiger partial charge in [0.15, 0.2) is 0 Å². The normalized spacial score (nSPS) is 9.93. The van der Waals surface area contributed by atoms with E-state index in [0.717, 1.165) is 12.1 Å². The molecule has 27 heavy (non-hydrogen) atoms. The van der Waals surface area contributed by atoms with Gasteiger partial charge >= 0.3 is 0 Å². The Bertz CT molecular complexity index is 395. The van der Waals surface area contributed by atoms with Crippen LogP contribution in [0.5, 0.6) is 5.75 Å². The Hall–Kier alpha value is -0.557. The molecule has 0 unspecified atom stereocenters. The summed E-state index contributed by atoms with van der Waals surface area (Å²) in [6.45, 7) is 6.16. The van der Waals surface area contributed by atoms with E-state index in [1.54, 1.807) is 12.1 Å². The van der Waals surface area contributed by atoms with Gasteiger partial charge in [-0.3, -0.25) is 0 Å². The molecule has 1 N–H and O–H groups in total. The van der Waals surface area contributed by atoms with Gasteiger partial charge < -0.3 is 16.9 Å². The summed E-state index contributed by atoms with van der Waals surface area (Å²) in [4.78, 5) is 1.94. The molecule has 0 saturated carbocycles. The van der Waals surface area contributed by atoms with E-state index in [0.29, 0.717) is 5.75 Å². The number of hydrogen-bond acceptors (Lipinski definition) is 2. The topological polar surface area (TPSA) is 23.5 Å². The van der Waals surface area contributed by atoms with Crippen molar-refractivity contribution >= 4 is 5.69 Å². The van der Waals surface area contributed by atoms with Gasteiger partial charge in [-0.1, -0.05) is 96.5 Å². The molecule has 2 nitrogen and oxygen atoms in total. The minimum atomic E-state index is 0. The van der Waals surface area contributed by atoms with E-state index < -0.39 is 0 Å². The van der Waals surface area contributed by atoms with Crippen molar-refractivity contribution in [1.29, 1.82) is 0 Å². The Morgan fingerprint density at radius 2 is 1.22 bits per heavy atom. The minimum absolute atomic E-state index is 0. The standard InChI is InChI=1S/C16H33.C8H11NO.Zn/c1-3-5-7-9-11-13-15-16-14-12-10-8-6-4-2;1-9(2)7-4-3-5-8(10)6-7;/h1,3-16H2,2H3;3-6,10H,1-2H3;/q-1;;. The molecule has 0 aliphatic carbocycles. The Morgan fingerprint density at radius 3 is 1.56 bits per heavy atom. The van der Waals surface area contributed by atoms with Gasteiger partial charge in [0, 0.05) is 45.3 Å². The number of phenols is 1. The summed E-state index contributed by atoms with van der Waals surface area (Å²) in [6, 6.07) is 7.15. The van der Waals surface area contributed by atoms with Crippen LogP contribution >= 0.6 is 0 Å². The number of rotatable bonds is 14. The number of benzene rings is 1. The van der Waals surface area contributed by atoms with Crippen molar-refractivity contribution in [2.24, 2.45) is 0 Å². The summed E-state index contributed by atoms with van der Waals surface area (Å²) in [5.74, 6) is 0.311. The molecule has 0 aliphatic heterocycles. The van der Waals surface area contributed by atoms with E-state index in [1.165, 1.54) is 83.5 Å². The van der Waals surface area contributed by atoms with Crippen molar-refractivity contribution in [3.05, 3.63) is 31.2 Å². The molecule has 0 bridgehead atoms. The molecule has 0 atom stereocenters. The largest absolute Gasteiger partial charge is 0.508 e. The molecule has 0 heterocycles. The molecule has 1 aromatic rings. The first-order valence-electron chi connectivity index (χ1n) is 10.9. The monoisotopic (exact) mass is 426 g/mol. The van der Waals surface area contributed by atoms with Gasteiger partial charge in [-0.05, 0) is 12.1 Å². The fourth-order valence-corrected chi connectivity index (χ4v) is 2.97. The van der Waals surface area contributed by atoms with Crippen molar-refractivity contribution in [2.45, 2.75) is 96.8 Å². The number of unbranched alkanes of at least 4 members (excludes halogenated alkanes) is 13. The zero-order chi connectivity index (χ0) is 19.5. The molecule has 0 radical (unpaired) electrons. The molecule has 0 amide bonds. The minimum Gasteiger partial charge on any atom is -0.508 e. The van der Waals surface area contributed by atoms with Crippen molar-refractivity contribution < 1.29 is 24.6 Å². The van der Waals surface area contributed by atoms with E-state index >= 15 is 0 Å². The summed E-state index contributed by atoms with van der Waals surface area (Å²) in [7, 11) is 3.88. The first-order valence-corrected chi connectivity index (χ1v) is 10.9. The third-order valence-corrected chi connectivity index (χ3v) is 4.70. The molecule has 0 spiro atoms. The Morgan fingerprint density at radius 1 is 0.778 bits per heavy atom. The van der Waals surface area contributed by atoms with Gasteiger partial charge in [-0.15, -0.1) is 0 Å². The summed E-state index contributed by atoms with van der Waals surface area (Å²) in [5, 5.41) is 9.04. The smallest absolute Gasteiger partial charge is 0.117 e. The van der Waals surface area contributed by atoms with E-state index in [2.05, 4.69) is 13.8 Å². The Balaban J connectivity index is 0. The fourth-order valence-electron chi connectivity index (χ4n) is 2.97. The number of anilines is 1. The first kappa shape index (κ1) is 28.7. The third-order valence-electron chi connectivity index (χ3n) is 4.70. The van der Waals surface area contributed by atoms with Crippen LogP contribution in [-0.2, 0) is 19.5 Å². The first-order chi connectivity index (χ1) is 12.6. The maximum Gasteiger partial charge on any atom is 0.117 e. The summed E-state index contributed by atoms with van der Waals surface area (Å²) < 4.78 is 0. The zero-order valence-electron chi connectivity index (χ0n) is 18.5.